The van der Waals surface area contributed by atoms with Crippen molar-refractivity contribution in [3.63, 3.8) is 0 Å². The number of amides is 1. The number of aromatic nitrogens is 4. The Morgan fingerprint density at radius 2 is 1.92 bits per heavy atom. The molecular weight excluding hydrogens is 338 g/mol. The van der Waals surface area contributed by atoms with Crippen LogP contribution in [0, 0.1) is 22.7 Å². The average molecular weight is 353 g/mol. The molecule has 0 saturated carbocycles. The second-order valence-electron chi connectivity index (χ2n) is 5.08. The maximum absolute atomic E-state index is 12.2. The third-order valence-corrected chi connectivity index (χ3v) is 3.36. The van der Waals surface area contributed by atoms with Gasteiger partial charge in [-0.2, -0.15) is 10.5 Å². The summed E-state index contributed by atoms with van der Waals surface area (Å²) >= 11 is 0. The Hall–Kier alpha value is -3.79. The van der Waals surface area contributed by atoms with Crippen LogP contribution in [-0.4, -0.2) is 56.7 Å². The largest absolute Gasteiger partial charge is 0.452 e. The number of hydrogen-bond donors (Lipinski definition) is 0. The lowest BCUT2D eigenvalue weighted by Gasteiger charge is -2.20. The summed E-state index contributed by atoms with van der Waals surface area (Å²) in [7, 11) is 0. The molecule has 0 radical (unpaired) electrons. The zero-order valence-corrected chi connectivity index (χ0v) is 13.8. The van der Waals surface area contributed by atoms with E-state index < -0.39 is 18.5 Å². The van der Waals surface area contributed by atoms with E-state index in [2.05, 4.69) is 15.5 Å². The first-order valence-corrected chi connectivity index (χ1v) is 7.68. The van der Waals surface area contributed by atoms with E-state index in [4.69, 9.17) is 15.3 Å². The van der Waals surface area contributed by atoms with E-state index >= 15 is 0 Å². The highest BCUT2D eigenvalue weighted by Gasteiger charge is 2.16. The molecule has 0 aliphatic carbocycles. The monoisotopic (exact) mass is 353 g/mol. The third kappa shape index (κ3) is 5.11. The van der Waals surface area contributed by atoms with Gasteiger partial charge in [0.15, 0.2) is 6.61 Å². The second kappa shape index (κ2) is 9.49. The molecule has 1 heterocycles. The van der Waals surface area contributed by atoms with Crippen molar-refractivity contribution < 1.29 is 14.3 Å². The third-order valence-electron chi connectivity index (χ3n) is 3.36. The molecule has 1 amide bonds. The molecule has 0 unspecified atom stereocenters. The first-order valence-electron chi connectivity index (χ1n) is 7.68. The number of rotatable bonds is 8. The summed E-state index contributed by atoms with van der Waals surface area (Å²) in [4.78, 5) is 25.6. The Labute approximate surface area is 149 Å². The Morgan fingerprint density at radius 3 is 2.54 bits per heavy atom. The summed E-state index contributed by atoms with van der Waals surface area (Å²) in [6, 6.07) is 10.3. The van der Waals surface area contributed by atoms with Crippen LogP contribution in [0.3, 0.4) is 0 Å². The Balaban J connectivity index is 1.96. The predicted molar refractivity (Wildman–Crippen MR) is 86.5 cm³/mol. The van der Waals surface area contributed by atoms with Gasteiger partial charge in [-0.25, -0.2) is 9.48 Å². The molecule has 0 spiro atoms. The molecule has 10 heteroatoms. The van der Waals surface area contributed by atoms with Crippen molar-refractivity contribution in [2.75, 3.05) is 19.7 Å². The molecule has 0 aliphatic heterocycles. The zero-order valence-electron chi connectivity index (χ0n) is 13.8. The van der Waals surface area contributed by atoms with Gasteiger partial charge in [0.05, 0.1) is 36.2 Å². The van der Waals surface area contributed by atoms with E-state index in [9.17, 15) is 9.59 Å². The molecular formula is C16H15N7O3. The van der Waals surface area contributed by atoms with Gasteiger partial charge in [0.2, 0.25) is 0 Å². The molecule has 0 atom stereocenters. The first kappa shape index (κ1) is 18.5. The summed E-state index contributed by atoms with van der Waals surface area (Å²) in [6.45, 7) is -0.0997. The number of hydrogen-bond acceptors (Lipinski definition) is 8. The van der Waals surface area contributed by atoms with E-state index in [1.54, 1.807) is 18.2 Å². The molecule has 0 N–H and O–H groups in total. The van der Waals surface area contributed by atoms with Gasteiger partial charge >= 0.3 is 5.97 Å². The minimum Gasteiger partial charge on any atom is -0.452 e. The number of carbonyl (C=O) groups is 2. The van der Waals surface area contributed by atoms with Crippen LogP contribution in [0.1, 0.15) is 23.2 Å². The fourth-order valence-corrected chi connectivity index (χ4v) is 2.09. The lowest BCUT2D eigenvalue weighted by atomic mass is 10.2. The Morgan fingerprint density at radius 1 is 1.19 bits per heavy atom. The Kier molecular flexibility index (Phi) is 6.77. The van der Waals surface area contributed by atoms with E-state index in [1.165, 1.54) is 22.0 Å². The number of tetrazole rings is 1. The first-order chi connectivity index (χ1) is 12.7. The lowest BCUT2D eigenvalue weighted by Crippen LogP contribution is -2.36. The highest BCUT2D eigenvalue weighted by Crippen LogP contribution is 2.10. The van der Waals surface area contributed by atoms with Crippen LogP contribution in [0.15, 0.2) is 30.6 Å². The van der Waals surface area contributed by atoms with Crippen molar-refractivity contribution in [3.05, 3.63) is 36.2 Å². The molecule has 2 aromatic rings. The second-order valence-corrected chi connectivity index (χ2v) is 5.08. The van der Waals surface area contributed by atoms with Gasteiger partial charge in [0.25, 0.3) is 5.91 Å². The fourth-order valence-electron chi connectivity index (χ4n) is 2.09. The number of carbonyl (C=O) groups excluding carboxylic acids is 2. The summed E-state index contributed by atoms with van der Waals surface area (Å²) in [6.07, 6.45) is 1.66. The molecule has 0 aliphatic rings. The van der Waals surface area contributed by atoms with Crippen LogP contribution in [0.5, 0.6) is 0 Å². The van der Waals surface area contributed by atoms with Crippen LogP contribution in [0.2, 0.25) is 0 Å². The van der Waals surface area contributed by atoms with Crippen LogP contribution in [0.4, 0.5) is 0 Å². The zero-order chi connectivity index (χ0) is 18.8. The molecule has 1 aromatic carbocycles. The number of nitrogens with zero attached hydrogens (tertiary/aromatic N) is 7. The SMILES string of the molecule is N#CCCN(CCC#N)C(=O)COC(=O)c1cccc(-n2cnnn2)c1. The smallest absolute Gasteiger partial charge is 0.338 e. The van der Waals surface area contributed by atoms with E-state index in [-0.39, 0.29) is 31.5 Å². The molecule has 2 rings (SSSR count). The fraction of sp³-hybridized carbons (Fsp3) is 0.312. The highest BCUT2D eigenvalue weighted by atomic mass is 16.5. The van der Waals surface area contributed by atoms with Crippen molar-refractivity contribution in [1.29, 1.82) is 10.5 Å². The number of ether oxygens (including phenoxy) is 1. The molecule has 1 aromatic heterocycles. The molecule has 10 nitrogen and oxygen atoms in total. The molecule has 0 bridgehead atoms. The molecule has 0 saturated heterocycles. The van der Waals surface area contributed by atoms with Crippen molar-refractivity contribution in [2.45, 2.75) is 12.8 Å². The standard InChI is InChI=1S/C16H15N7O3/c17-6-2-8-22(9-3-7-18)15(24)11-26-16(25)13-4-1-5-14(10-13)23-12-19-20-21-23/h1,4-5,10,12H,2-3,8-9,11H2. The van der Waals surface area contributed by atoms with Crippen molar-refractivity contribution >= 4 is 11.9 Å². The van der Waals surface area contributed by atoms with Crippen molar-refractivity contribution in [1.82, 2.24) is 25.1 Å². The maximum atomic E-state index is 12.2. The van der Waals surface area contributed by atoms with Crippen LogP contribution < -0.4 is 0 Å². The van der Waals surface area contributed by atoms with Gasteiger partial charge in [-0.3, -0.25) is 4.79 Å². The van der Waals surface area contributed by atoms with Crippen molar-refractivity contribution in [2.24, 2.45) is 0 Å². The quantitative estimate of drug-likeness (QED) is 0.624. The van der Waals surface area contributed by atoms with E-state index in [1.807, 2.05) is 12.1 Å². The van der Waals surface area contributed by atoms with E-state index in [0.717, 1.165) is 0 Å². The number of esters is 1. The van der Waals surface area contributed by atoms with Crippen LogP contribution >= 0.6 is 0 Å². The van der Waals surface area contributed by atoms with Gasteiger partial charge < -0.3 is 9.64 Å². The van der Waals surface area contributed by atoms with Gasteiger partial charge in [0, 0.05) is 13.1 Å². The van der Waals surface area contributed by atoms with Crippen LogP contribution in [0.25, 0.3) is 5.69 Å². The minimum atomic E-state index is -0.672. The molecule has 26 heavy (non-hydrogen) atoms. The van der Waals surface area contributed by atoms with Gasteiger partial charge in [0.1, 0.15) is 6.33 Å². The minimum absolute atomic E-state index is 0.138. The maximum Gasteiger partial charge on any atom is 0.338 e. The predicted octanol–water partition coefficient (Wildman–Crippen LogP) is 0.475. The average Bonchev–Trinajstić information content (AvgIpc) is 3.21. The van der Waals surface area contributed by atoms with Crippen LogP contribution in [-0.2, 0) is 9.53 Å². The summed E-state index contributed by atoms with van der Waals surface area (Å²) in [5.74, 6) is -1.13. The number of benzene rings is 1. The topological polar surface area (TPSA) is 138 Å². The lowest BCUT2D eigenvalue weighted by molar-refractivity contribution is -0.134. The van der Waals surface area contributed by atoms with Gasteiger partial charge in [-0.15, -0.1) is 5.10 Å². The molecule has 0 fully saturated rings. The van der Waals surface area contributed by atoms with E-state index in [0.29, 0.717) is 5.69 Å². The van der Waals surface area contributed by atoms with Gasteiger partial charge in [-0.1, -0.05) is 6.07 Å². The summed E-state index contributed by atoms with van der Waals surface area (Å²) in [5.41, 5.74) is 0.812. The normalized spacial score (nSPS) is 9.77. The Bertz CT molecular complexity index is 818. The van der Waals surface area contributed by atoms with Crippen molar-refractivity contribution in [3.8, 4) is 17.8 Å². The summed E-state index contributed by atoms with van der Waals surface area (Å²) < 4.78 is 6.43. The highest BCUT2D eigenvalue weighted by molar-refractivity contribution is 5.91. The number of nitriles is 2. The summed E-state index contributed by atoms with van der Waals surface area (Å²) in [5, 5.41) is 28.1. The van der Waals surface area contributed by atoms with Gasteiger partial charge in [-0.05, 0) is 28.6 Å². The molecule has 132 valence electrons.